The van der Waals surface area contributed by atoms with Gasteiger partial charge in [0.05, 0.1) is 12.9 Å². The van der Waals surface area contributed by atoms with E-state index in [1.807, 2.05) is 36.4 Å². The molecule has 0 aliphatic carbocycles. The second kappa shape index (κ2) is 6.75. The van der Waals surface area contributed by atoms with Crippen molar-refractivity contribution in [1.29, 1.82) is 0 Å². The van der Waals surface area contributed by atoms with E-state index in [0.717, 1.165) is 16.5 Å². The van der Waals surface area contributed by atoms with Gasteiger partial charge in [-0.15, -0.1) is 0 Å². The van der Waals surface area contributed by atoms with E-state index < -0.39 is 0 Å². The first-order chi connectivity index (χ1) is 13.1. The van der Waals surface area contributed by atoms with Crippen LogP contribution in [0.4, 0.5) is 0 Å². The van der Waals surface area contributed by atoms with E-state index in [9.17, 15) is 9.59 Å². The van der Waals surface area contributed by atoms with Crippen molar-refractivity contribution in [2.75, 3.05) is 6.61 Å². The molecular formula is C20H20N4O3. The largest absolute Gasteiger partial charge is 0.494 e. The molecule has 0 radical (unpaired) electrons. The highest BCUT2D eigenvalue weighted by atomic mass is 16.5. The van der Waals surface area contributed by atoms with Crippen molar-refractivity contribution < 1.29 is 4.74 Å². The van der Waals surface area contributed by atoms with Crippen LogP contribution in [-0.4, -0.2) is 25.3 Å². The number of aromatic nitrogens is 4. The third-order valence-electron chi connectivity index (χ3n) is 4.72. The molecule has 7 nitrogen and oxygen atoms in total. The second-order valence-electron chi connectivity index (χ2n) is 6.54. The molecule has 7 heteroatoms. The van der Waals surface area contributed by atoms with Crippen LogP contribution in [0.5, 0.6) is 5.75 Å². The van der Waals surface area contributed by atoms with Crippen molar-refractivity contribution in [3.8, 4) is 5.75 Å². The molecule has 0 aliphatic heterocycles. The van der Waals surface area contributed by atoms with Gasteiger partial charge in [-0.2, -0.15) is 0 Å². The lowest BCUT2D eigenvalue weighted by Crippen LogP contribution is -2.39. The summed E-state index contributed by atoms with van der Waals surface area (Å²) in [6.07, 6.45) is 2.09. The summed E-state index contributed by atoms with van der Waals surface area (Å²) in [5, 5.41) is 2.27. The van der Waals surface area contributed by atoms with E-state index in [0.29, 0.717) is 30.7 Å². The van der Waals surface area contributed by atoms with Crippen LogP contribution in [-0.2, 0) is 20.6 Å². The van der Waals surface area contributed by atoms with Crippen LogP contribution in [0, 0.1) is 0 Å². The zero-order valence-electron chi connectivity index (χ0n) is 15.3. The normalized spacial score (nSPS) is 11.3. The summed E-state index contributed by atoms with van der Waals surface area (Å²) in [4.78, 5) is 29.2. The Hall–Kier alpha value is -3.35. The molecule has 0 N–H and O–H groups in total. The van der Waals surface area contributed by atoms with Gasteiger partial charge in [0.25, 0.3) is 5.56 Å². The van der Waals surface area contributed by atoms with E-state index in [1.165, 1.54) is 9.13 Å². The number of ether oxygens (including phenoxy) is 1. The van der Waals surface area contributed by atoms with Crippen LogP contribution in [0.15, 0.2) is 58.4 Å². The molecule has 0 atom stereocenters. The van der Waals surface area contributed by atoms with Gasteiger partial charge in [-0.1, -0.05) is 30.3 Å². The second-order valence-corrected chi connectivity index (χ2v) is 6.54. The van der Waals surface area contributed by atoms with Crippen LogP contribution in [0.3, 0.4) is 0 Å². The van der Waals surface area contributed by atoms with Crippen molar-refractivity contribution >= 4 is 21.9 Å². The summed E-state index contributed by atoms with van der Waals surface area (Å²) in [6.45, 7) is 0.706. The number of rotatable bonds is 5. The Kier molecular flexibility index (Phi) is 4.27. The van der Waals surface area contributed by atoms with E-state index >= 15 is 0 Å². The molecule has 0 aliphatic rings. The summed E-state index contributed by atoms with van der Waals surface area (Å²) < 4.78 is 10.1. The van der Waals surface area contributed by atoms with Crippen LogP contribution >= 0.6 is 0 Å². The molecule has 0 bridgehead atoms. The maximum absolute atomic E-state index is 12.6. The van der Waals surface area contributed by atoms with Crippen LogP contribution in [0.1, 0.15) is 6.42 Å². The van der Waals surface area contributed by atoms with Crippen LogP contribution in [0.2, 0.25) is 0 Å². The summed E-state index contributed by atoms with van der Waals surface area (Å²) in [5.74, 6) is 0.774. The monoisotopic (exact) mass is 364 g/mol. The van der Waals surface area contributed by atoms with Gasteiger partial charge in [0.15, 0.2) is 11.2 Å². The Morgan fingerprint density at radius 1 is 1.04 bits per heavy atom. The Morgan fingerprint density at radius 3 is 2.63 bits per heavy atom. The maximum atomic E-state index is 12.6. The van der Waals surface area contributed by atoms with Gasteiger partial charge in [0.1, 0.15) is 5.75 Å². The van der Waals surface area contributed by atoms with E-state index in [4.69, 9.17) is 4.74 Å². The van der Waals surface area contributed by atoms with Gasteiger partial charge in [0.2, 0.25) is 0 Å². The van der Waals surface area contributed by atoms with Crippen LogP contribution in [0.25, 0.3) is 21.9 Å². The van der Waals surface area contributed by atoms with Crippen molar-refractivity contribution in [2.24, 2.45) is 14.1 Å². The van der Waals surface area contributed by atoms with Crippen molar-refractivity contribution in [1.82, 2.24) is 18.7 Å². The number of fused-ring (bicyclic) bond motifs is 2. The highest BCUT2D eigenvalue weighted by Crippen LogP contribution is 2.20. The van der Waals surface area contributed by atoms with E-state index in [1.54, 1.807) is 25.0 Å². The molecule has 0 saturated carbocycles. The average Bonchev–Trinajstić information content (AvgIpc) is 3.07. The quantitative estimate of drug-likeness (QED) is 0.508. The molecule has 2 aromatic heterocycles. The Labute approximate surface area is 155 Å². The predicted octanol–water partition coefficient (Wildman–Crippen LogP) is 2.06. The number of hydrogen-bond acceptors (Lipinski definition) is 4. The molecule has 2 aromatic carbocycles. The van der Waals surface area contributed by atoms with Crippen molar-refractivity contribution in [3.63, 3.8) is 0 Å². The zero-order valence-corrected chi connectivity index (χ0v) is 15.3. The van der Waals surface area contributed by atoms with Gasteiger partial charge in [0, 0.05) is 20.6 Å². The molecule has 0 fully saturated rings. The summed E-state index contributed by atoms with van der Waals surface area (Å²) >= 11 is 0. The minimum Gasteiger partial charge on any atom is -0.494 e. The summed E-state index contributed by atoms with van der Waals surface area (Å²) in [7, 11) is 3.37. The first-order valence-electron chi connectivity index (χ1n) is 8.79. The third-order valence-corrected chi connectivity index (χ3v) is 4.72. The number of nitrogens with zero attached hydrogens (tertiary/aromatic N) is 4. The molecule has 0 amide bonds. The fourth-order valence-corrected chi connectivity index (χ4v) is 3.26. The van der Waals surface area contributed by atoms with E-state index in [2.05, 4.69) is 11.1 Å². The Bertz CT molecular complexity index is 1250. The molecule has 0 spiro atoms. The number of imidazole rings is 1. The topological polar surface area (TPSA) is 71.1 Å². The van der Waals surface area contributed by atoms with Gasteiger partial charge in [-0.25, -0.2) is 9.78 Å². The van der Waals surface area contributed by atoms with Crippen molar-refractivity contribution in [3.05, 3.63) is 69.6 Å². The molecule has 0 saturated heterocycles. The molecule has 4 aromatic rings. The Balaban J connectivity index is 1.49. The lowest BCUT2D eigenvalue weighted by molar-refractivity contribution is 0.299. The summed E-state index contributed by atoms with van der Waals surface area (Å²) in [6, 6.07) is 14.0. The molecule has 0 unspecified atom stereocenters. The minimum absolute atomic E-state index is 0.292. The number of aryl methyl sites for hydroxylation is 2. The SMILES string of the molecule is Cn1cnc2c1c(=O)n(CCCOc1ccc3ccccc3c1)c(=O)n2C. The van der Waals surface area contributed by atoms with Gasteiger partial charge in [-0.3, -0.25) is 13.9 Å². The fourth-order valence-electron chi connectivity index (χ4n) is 3.26. The van der Waals surface area contributed by atoms with Gasteiger partial charge < -0.3 is 9.30 Å². The highest BCUT2D eigenvalue weighted by Gasteiger charge is 2.14. The highest BCUT2D eigenvalue weighted by molar-refractivity contribution is 5.83. The average molecular weight is 364 g/mol. The van der Waals surface area contributed by atoms with E-state index in [-0.39, 0.29) is 11.2 Å². The van der Waals surface area contributed by atoms with Crippen molar-refractivity contribution in [2.45, 2.75) is 13.0 Å². The molecule has 27 heavy (non-hydrogen) atoms. The zero-order chi connectivity index (χ0) is 19.0. The first-order valence-corrected chi connectivity index (χ1v) is 8.79. The molecule has 2 heterocycles. The standard InChI is InChI=1S/C20H20N4O3/c1-22-13-21-18-17(22)19(25)24(20(26)23(18)2)10-5-11-27-16-9-8-14-6-3-4-7-15(14)12-16/h3-4,6-9,12-13H,5,10-11H2,1-2H3. The molecule has 138 valence electrons. The first kappa shape index (κ1) is 17.1. The number of benzene rings is 2. The summed E-state index contributed by atoms with van der Waals surface area (Å²) in [5.41, 5.74) is 0.138. The van der Waals surface area contributed by atoms with Gasteiger partial charge in [-0.05, 0) is 29.3 Å². The number of hydrogen-bond donors (Lipinski definition) is 0. The molecule has 4 rings (SSSR count). The lowest BCUT2D eigenvalue weighted by Gasteiger charge is -2.10. The molecular weight excluding hydrogens is 344 g/mol. The Morgan fingerprint density at radius 2 is 1.81 bits per heavy atom. The minimum atomic E-state index is -0.364. The fraction of sp³-hybridized carbons (Fsp3) is 0.250. The van der Waals surface area contributed by atoms with Gasteiger partial charge >= 0.3 is 5.69 Å². The lowest BCUT2D eigenvalue weighted by atomic mass is 10.1. The smallest absolute Gasteiger partial charge is 0.332 e. The predicted molar refractivity (Wildman–Crippen MR) is 104 cm³/mol. The van der Waals surface area contributed by atoms with Crippen LogP contribution < -0.4 is 16.0 Å². The third kappa shape index (κ3) is 3.01. The maximum Gasteiger partial charge on any atom is 0.332 e.